The number of halogens is 1. The van der Waals surface area contributed by atoms with Crippen molar-refractivity contribution in [1.29, 1.82) is 0 Å². The van der Waals surface area contributed by atoms with E-state index in [0.29, 0.717) is 13.1 Å². The molecule has 2 aromatic rings. The summed E-state index contributed by atoms with van der Waals surface area (Å²) in [6.07, 6.45) is 4.06. The molecule has 1 fully saturated rings. The summed E-state index contributed by atoms with van der Waals surface area (Å²) in [7, 11) is 5.74. The Balaban J connectivity index is 1.56. The molecule has 0 saturated carbocycles. The minimum Gasteiger partial charge on any atom is -0.352 e. The van der Waals surface area contributed by atoms with Crippen molar-refractivity contribution in [2.24, 2.45) is 12.0 Å². The number of guanidine groups is 1. The molecule has 1 aromatic heterocycles. The van der Waals surface area contributed by atoms with Gasteiger partial charge in [0, 0.05) is 58.4 Å². The molecule has 2 amide bonds. The number of rotatable bonds is 5. The summed E-state index contributed by atoms with van der Waals surface area (Å²) in [4.78, 5) is 20.6. The average molecular weight is 417 g/mol. The van der Waals surface area contributed by atoms with E-state index < -0.39 is 0 Å². The first-order valence-electron chi connectivity index (χ1n) is 9.83. The van der Waals surface area contributed by atoms with Gasteiger partial charge in [0.05, 0.1) is 11.6 Å². The lowest BCUT2D eigenvalue weighted by Crippen LogP contribution is -2.38. The quantitative estimate of drug-likeness (QED) is 0.579. The summed E-state index contributed by atoms with van der Waals surface area (Å²) in [5.41, 5.74) is 2.98. The van der Waals surface area contributed by atoms with Gasteiger partial charge in [-0.3, -0.25) is 4.99 Å². The van der Waals surface area contributed by atoms with E-state index in [1.807, 2.05) is 65.0 Å². The molecule has 1 aliphatic heterocycles. The van der Waals surface area contributed by atoms with Crippen molar-refractivity contribution < 1.29 is 4.79 Å². The minimum atomic E-state index is -0.0237. The minimum absolute atomic E-state index is 0.0237. The molecule has 0 unspecified atom stereocenters. The van der Waals surface area contributed by atoms with Crippen molar-refractivity contribution >= 4 is 29.3 Å². The van der Waals surface area contributed by atoms with Crippen LogP contribution in [0.4, 0.5) is 10.5 Å². The van der Waals surface area contributed by atoms with Crippen LogP contribution in [0.2, 0.25) is 5.02 Å². The van der Waals surface area contributed by atoms with Gasteiger partial charge < -0.3 is 25.0 Å². The van der Waals surface area contributed by atoms with Gasteiger partial charge in [0.25, 0.3) is 0 Å². The smallest absolute Gasteiger partial charge is 0.321 e. The Kier molecular flexibility index (Phi) is 7.04. The third-order valence-corrected chi connectivity index (χ3v) is 5.28. The molecule has 156 valence electrons. The fourth-order valence-electron chi connectivity index (χ4n) is 3.49. The first-order valence-corrected chi connectivity index (χ1v) is 10.2. The summed E-state index contributed by atoms with van der Waals surface area (Å²) in [5, 5.41) is 7.10. The second kappa shape index (κ2) is 9.69. The Bertz CT molecular complexity index is 872. The van der Waals surface area contributed by atoms with Gasteiger partial charge in [-0.2, -0.15) is 0 Å². The first kappa shape index (κ1) is 21.0. The molecule has 0 atom stereocenters. The zero-order valence-electron chi connectivity index (χ0n) is 17.3. The van der Waals surface area contributed by atoms with E-state index in [1.54, 1.807) is 7.05 Å². The Morgan fingerprint density at radius 3 is 2.69 bits per heavy atom. The maximum absolute atomic E-state index is 12.3. The predicted molar refractivity (Wildman–Crippen MR) is 118 cm³/mol. The summed E-state index contributed by atoms with van der Waals surface area (Å²) in [6, 6.07) is 9.82. The highest BCUT2D eigenvalue weighted by Gasteiger charge is 2.17. The van der Waals surface area contributed by atoms with Crippen LogP contribution in [0.1, 0.15) is 24.1 Å². The van der Waals surface area contributed by atoms with Gasteiger partial charge in [0.15, 0.2) is 5.96 Å². The van der Waals surface area contributed by atoms with E-state index in [4.69, 9.17) is 11.6 Å². The number of likely N-dealkylation sites (tertiary alicyclic amines) is 1. The molecule has 3 rings (SSSR count). The molecule has 2 N–H and O–H groups in total. The van der Waals surface area contributed by atoms with E-state index in [-0.39, 0.29) is 6.03 Å². The monoisotopic (exact) mass is 416 g/mol. The normalized spacial score (nSPS) is 14.2. The van der Waals surface area contributed by atoms with Gasteiger partial charge in [0.1, 0.15) is 0 Å². The number of hydrogen-bond donors (Lipinski definition) is 2. The van der Waals surface area contributed by atoms with Gasteiger partial charge in [-0.15, -0.1) is 0 Å². The number of nitrogens with one attached hydrogen (secondary N) is 2. The van der Waals surface area contributed by atoms with E-state index in [1.165, 1.54) is 0 Å². The Morgan fingerprint density at radius 2 is 2.03 bits per heavy atom. The lowest BCUT2D eigenvalue weighted by atomic mass is 10.2. The topological polar surface area (TPSA) is 64.9 Å². The lowest BCUT2D eigenvalue weighted by molar-refractivity contribution is 0.222. The standard InChI is InChI=1S/C21H29ClN6O/c1-23-20(27(3)15-19-12-17(22)14-26(19)2)24-13-16-7-6-8-18(11-16)25-21(29)28-9-4-5-10-28/h6-8,11-12,14H,4-5,9-10,13,15H2,1-3H3,(H,23,24)(H,25,29). The maximum Gasteiger partial charge on any atom is 0.321 e. The van der Waals surface area contributed by atoms with Gasteiger partial charge in [-0.1, -0.05) is 23.7 Å². The maximum atomic E-state index is 12.3. The molecule has 0 bridgehead atoms. The molecule has 8 heteroatoms. The third-order valence-electron chi connectivity index (χ3n) is 5.07. The number of hydrogen-bond acceptors (Lipinski definition) is 2. The predicted octanol–water partition coefficient (Wildman–Crippen LogP) is 3.51. The van der Waals surface area contributed by atoms with Gasteiger partial charge in [-0.05, 0) is 36.6 Å². The second-order valence-corrected chi connectivity index (χ2v) is 7.78. The molecule has 0 aliphatic carbocycles. The molecule has 7 nitrogen and oxygen atoms in total. The number of aromatic nitrogens is 1. The Labute approximate surface area is 177 Å². The molecular formula is C21H29ClN6O. The Morgan fingerprint density at radius 1 is 1.28 bits per heavy atom. The van der Waals surface area contributed by atoms with Crippen molar-refractivity contribution in [2.45, 2.75) is 25.9 Å². The van der Waals surface area contributed by atoms with E-state index in [9.17, 15) is 4.79 Å². The van der Waals surface area contributed by atoms with Crippen LogP contribution in [0.15, 0.2) is 41.5 Å². The van der Waals surface area contributed by atoms with Crippen LogP contribution in [0.5, 0.6) is 0 Å². The molecule has 1 saturated heterocycles. The van der Waals surface area contributed by atoms with E-state index in [0.717, 1.165) is 53.9 Å². The fourth-order valence-corrected chi connectivity index (χ4v) is 3.76. The molecule has 29 heavy (non-hydrogen) atoms. The van der Waals surface area contributed by atoms with Crippen LogP contribution in [0.3, 0.4) is 0 Å². The molecule has 1 aliphatic rings. The molecule has 0 spiro atoms. The summed E-state index contributed by atoms with van der Waals surface area (Å²) >= 11 is 6.08. The number of aliphatic imine (C=N–C) groups is 1. The van der Waals surface area contributed by atoms with Crippen LogP contribution >= 0.6 is 11.6 Å². The van der Waals surface area contributed by atoms with E-state index in [2.05, 4.69) is 15.6 Å². The molecular weight excluding hydrogens is 388 g/mol. The molecule has 0 radical (unpaired) electrons. The largest absolute Gasteiger partial charge is 0.352 e. The van der Waals surface area contributed by atoms with Crippen LogP contribution in [0, 0.1) is 0 Å². The van der Waals surface area contributed by atoms with Crippen molar-refractivity contribution in [3.63, 3.8) is 0 Å². The highest BCUT2D eigenvalue weighted by Crippen LogP contribution is 2.15. The number of carbonyl (C=O) groups is 1. The average Bonchev–Trinajstić information content (AvgIpc) is 3.33. The van der Waals surface area contributed by atoms with Crippen LogP contribution in [-0.2, 0) is 20.1 Å². The van der Waals surface area contributed by atoms with Gasteiger partial charge in [0.2, 0.25) is 0 Å². The SMILES string of the molecule is CN=C(NCc1cccc(NC(=O)N2CCCC2)c1)N(C)Cc1cc(Cl)cn1C. The number of carbonyl (C=O) groups excluding carboxylic acids is 1. The lowest BCUT2D eigenvalue weighted by Gasteiger charge is -2.22. The van der Waals surface area contributed by atoms with Gasteiger partial charge >= 0.3 is 6.03 Å². The van der Waals surface area contributed by atoms with Gasteiger partial charge in [-0.25, -0.2) is 4.79 Å². The highest BCUT2D eigenvalue weighted by atomic mass is 35.5. The summed E-state index contributed by atoms with van der Waals surface area (Å²) in [5.74, 6) is 0.786. The summed E-state index contributed by atoms with van der Waals surface area (Å²) in [6.45, 7) is 2.97. The zero-order valence-corrected chi connectivity index (χ0v) is 18.0. The van der Waals surface area contributed by atoms with E-state index >= 15 is 0 Å². The first-order chi connectivity index (χ1) is 14.0. The highest BCUT2D eigenvalue weighted by molar-refractivity contribution is 6.30. The van der Waals surface area contributed by atoms with Crippen molar-refractivity contribution in [3.05, 3.63) is 52.8 Å². The Hall–Kier alpha value is -2.67. The fraction of sp³-hybridized carbons (Fsp3) is 0.429. The van der Waals surface area contributed by atoms with Crippen molar-refractivity contribution in [1.82, 2.24) is 19.7 Å². The number of urea groups is 1. The van der Waals surface area contributed by atoms with Crippen molar-refractivity contribution in [3.8, 4) is 0 Å². The third kappa shape index (κ3) is 5.67. The number of aryl methyl sites for hydroxylation is 1. The number of amides is 2. The number of benzene rings is 1. The zero-order chi connectivity index (χ0) is 20.8. The van der Waals surface area contributed by atoms with Crippen LogP contribution < -0.4 is 10.6 Å². The summed E-state index contributed by atoms with van der Waals surface area (Å²) < 4.78 is 2.01. The second-order valence-electron chi connectivity index (χ2n) is 7.34. The molecule has 1 aromatic carbocycles. The number of nitrogens with zero attached hydrogens (tertiary/aromatic N) is 4. The number of anilines is 1. The van der Waals surface area contributed by atoms with Crippen LogP contribution in [-0.4, -0.2) is 53.5 Å². The van der Waals surface area contributed by atoms with Crippen molar-refractivity contribution in [2.75, 3.05) is 32.5 Å². The molecule has 2 heterocycles. The van der Waals surface area contributed by atoms with Crippen LogP contribution in [0.25, 0.3) is 0 Å².